The van der Waals surface area contributed by atoms with Gasteiger partial charge in [-0.25, -0.2) is 4.79 Å². The van der Waals surface area contributed by atoms with Crippen LogP contribution in [0.2, 0.25) is 0 Å². The number of nitrogens with zero attached hydrogens (tertiary/aromatic N) is 1. The molecule has 0 spiro atoms. The Morgan fingerprint density at radius 2 is 1.62 bits per heavy atom. The van der Waals surface area contributed by atoms with Crippen LogP contribution < -0.4 is 5.32 Å². The molecule has 176 valence electrons. The molecule has 7 nitrogen and oxygen atoms in total. The lowest BCUT2D eigenvalue weighted by atomic mass is 9.95. The van der Waals surface area contributed by atoms with Crippen molar-refractivity contribution in [3.8, 4) is 11.1 Å². The molecule has 7 heteroatoms. The van der Waals surface area contributed by atoms with Gasteiger partial charge in [-0.05, 0) is 47.4 Å². The fraction of sp³-hybridized carbons (Fsp3) is 0.444. The van der Waals surface area contributed by atoms with Crippen LogP contribution in [-0.4, -0.2) is 53.2 Å². The Morgan fingerprint density at radius 3 is 2.21 bits per heavy atom. The second kappa shape index (κ2) is 7.58. The molecule has 1 heterocycles. The number of likely N-dealkylation sites (tertiary alicyclic amines) is 1. The zero-order chi connectivity index (χ0) is 23.5. The number of alkyl carbamates (subject to hydrolysis) is 1. The van der Waals surface area contributed by atoms with Gasteiger partial charge in [-0.15, -0.1) is 0 Å². The summed E-state index contributed by atoms with van der Waals surface area (Å²) >= 11 is 0. The van der Waals surface area contributed by atoms with Crippen molar-refractivity contribution in [3.05, 3.63) is 59.7 Å². The zero-order valence-electron chi connectivity index (χ0n) is 19.0. The summed E-state index contributed by atoms with van der Waals surface area (Å²) in [4.78, 5) is 39.8. The third kappa shape index (κ3) is 3.13. The average molecular weight is 461 g/mol. The van der Waals surface area contributed by atoms with Crippen molar-refractivity contribution in [2.75, 3.05) is 19.7 Å². The highest BCUT2D eigenvalue weighted by Gasteiger charge is 2.67. The predicted molar refractivity (Wildman–Crippen MR) is 124 cm³/mol. The van der Waals surface area contributed by atoms with E-state index in [4.69, 9.17) is 4.74 Å². The number of ether oxygens (including phenoxy) is 1. The lowest BCUT2D eigenvalue weighted by molar-refractivity contribution is -0.144. The number of hydrogen-bond donors (Lipinski definition) is 2. The predicted octanol–water partition coefficient (Wildman–Crippen LogP) is 3.77. The number of nitrogens with one attached hydrogen (secondary N) is 1. The van der Waals surface area contributed by atoms with Gasteiger partial charge in [0, 0.05) is 19.0 Å². The second-order valence-corrected chi connectivity index (χ2v) is 10.3. The van der Waals surface area contributed by atoms with Crippen molar-refractivity contribution < 1.29 is 24.2 Å². The molecule has 2 aromatic carbocycles. The molecule has 2 unspecified atom stereocenters. The number of amides is 2. The molecule has 2 N–H and O–H groups in total. The number of hydrogen-bond acceptors (Lipinski definition) is 4. The largest absolute Gasteiger partial charge is 0.481 e. The van der Waals surface area contributed by atoms with Crippen LogP contribution in [-0.2, 0) is 14.3 Å². The van der Waals surface area contributed by atoms with Gasteiger partial charge in [0.1, 0.15) is 12.1 Å². The number of aliphatic carboxylic acids is 1. The SMILES string of the molecule is O=C(NC1(C(=O)N2CC3CC3(C(=O)O)C2)CCCC1)OCC1c2ccccc2-c2ccccc21. The first-order valence-electron chi connectivity index (χ1n) is 12.1. The molecule has 2 atom stereocenters. The first-order chi connectivity index (χ1) is 16.4. The minimum absolute atomic E-state index is 0.0295. The Morgan fingerprint density at radius 1 is 1.00 bits per heavy atom. The monoisotopic (exact) mass is 460 g/mol. The smallest absolute Gasteiger partial charge is 0.408 e. The van der Waals surface area contributed by atoms with Crippen LogP contribution in [0, 0.1) is 11.3 Å². The van der Waals surface area contributed by atoms with E-state index in [0.717, 1.165) is 35.1 Å². The highest BCUT2D eigenvalue weighted by atomic mass is 16.5. The van der Waals surface area contributed by atoms with E-state index in [0.29, 0.717) is 25.8 Å². The van der Waals surface area contributed by atoms with Crippen LogP contribution >= 0.6 is 0 Å². The average Bonchev–Trinajstić information content (AvgIpc) is 3.17. The number of piperidine rings is 1. The van der Waals surface area contributed by atoms with E-state index in [9.17, 15) is 19.5 Å². The standard InChI is InChI=1S/C27H28N2O5/c30-23(29-14-17-13-26(17,16-29)24(31)32)27(11-5-6-12-27)28-25(33)34-15-22-20-9-3-1-7-18(20)19-8-2-4-10-21(19)22/h1-4,7-10,17,22H,5-6,11-16H2,(H,28,33)(H,31,32). The van der Waals surface area contributed by atoms with Gasteiger partial charge in [0.2, 0.25) is 5.91 Å². The summed E-state index contributed by atoms with van der Waals surface area (Å²) in [6.07, 6.45) is 2.84. The molecule has 2 aromatic rings. The summed E-state index contributed by atoms with van der Waals surface area (Å²) in [5, 5.41) is 12.5. The number of carboxylic acid groups (broad SMARTS) is 1. The molecule has 3 aliphatic carbocycles. The molecule has 0 aromatic heterocycles. The van der Waals surface area contributed by atoms with E-state index in [2.05, 4.69) is 29.6 Å². The van der Waals surface area contributed by atoms with E-state index >= 15 is 0 Å². The third-order valence-corrected chi connectivity index (χ3v) is 8.41. The minimum Gasteiger partial charge on any atom is -0.481 e. The summed E-state index contributed by atoms with van der Waals surface area (Å²) in [5.41, 5.74) is 2.82. The molecule has 6 rings (SSSR count). The Labute approximate surface area is 198 Å². The molecular weight excluding hydrogens is 432 g/mol. The number of carbonyl (C=O) groups excluding carboxylic acids is 2. The van der Waals surface area contributed by atoms with E-state index in [1.165, 1.54) is 0 Å². The Hall–Kier alpha value is -3.35. The Bertz CT molecular complexity index is 1140. The minimum atomic E-state index is -1.00. The van der Waals surface area contributed by atoms with Crippen molar-refractivity contribution in [3.63, 3.8) is 0 Å². The Kier molecular flexibility index (Phi) is 4.73. The van der Waals surface area contributed by atoms with Crippen LogP contribution in [0.5, 0.6) is 0 Å². The van der Waals surface area contributed by atoms with Crippen molar-refractivity contribution in [2.45, 2.75) is 43.6 Å². The molecule has 4 aliphatic rings. The van der Waals surface area contributed by atoms with Crippen LogP contribution in [0.3, 0.4) is 0 Å². The van der Waals surface area contributed by atoms with E-state index in [1.807, 2.05) is 24.3 Å². The van der Waals surface area contributed by atoms with Crippen LogP contribution in [0.1, 0.15) is 49.1 Å². The van der Waals surface area contributed by atoms with Crippen molar-refractivity contribution >= 4 is 18.0 Å². The van der Waals surface area contributed by atoms with Gasteiger partial charge in [-0.2, -0.15) is 0 Å². The summed E-state index contributed by atoms with van der Waals surface area (Å²) in [6.45, 7) is 0.886. The van der Waals surface area contributed by atoms with Gasteiger partial charge >= 0.3 is 12.1 Å². The number of benzene rings is 2. The molecule has 1 aliphatic heterocycles. The molecule has 2 amide bonds. The molecule has 3 fully saturated rings. The summed E-state index contributed by atoms with van der Waals surface area (Å²) in [5.74, 6) is -1.000. The fourth-order valence-corrected chi connectivity index (χ4v) is 6.47. The van der Waals surface area contributed by atoms with Crippen LogP contribution in [0.25, 0.3) is 11.1 Å². The van der Waals surface area contributed by atoms with Gasteiger partial charge < -0.3 is 20.1 Å². The first kappa shape index (κ1) is 21.2. The number of carboxylic acids is 1. The first-order valence-corrected chi connectivity index (χ1v) is 12.1. The molecular formula is C27H28N2O5. The topological polar surface area (TPSA) is 95.9 Å². The van der Waals surface area contributed by atoms with Gasteiger partial charge in [-0.1, -0.05) is 61.4 Å². The highest BCUT2D eigenvalue weighted by molar-refractivity contribution is 5.92. The van der Waals surface area contributed by atoms with E-state index in [1.54, 1.807) is 4.90 Å². The van der Waals surface area contributed by atoms with Gasteiger partial charge in [0.25, 0.3) is 0 Å². The Balaban J connectivity index is 1.15. The van der Waals surface area contributed by atoms with Gasteiger partial charge in [0.05, 0.1) is 5.41 Å². The maximum Gasteiger partial charge on any atom is 0.408 e. The number of fused-ring (bicyclic) bond motifs is 4. The summed E-state index contributed by atoms with van der Waals surface area (Å²) in [6, 6.07) is 16.3. The molecule has 34 heavy (non-hydrogen) atoms. The van der Waals surface area contributed by atoms with Gasteiger partial charge in [-0.3, -0.25) is 9.59 Å². The summed E-state index contributed by atoms with van der Waals surface area (Å²) < 4.78 is 5.71. The zero-order valence-corrected chi connectivity index (χ0v) is 19.0. The second-order valence-electron chi connectivity index (χ2n) is 10.3. The number of carbonyl (C=O) groups is 3. The fourth-order valence-electron chi connectivity index (χ4n) is 6.47. The highest BCUT2D eigenvalue weighted by Crippen LogP contribution is 2.58. The maximum atomic E-state index is 13.5. The maximum absolute atomic E-state index is 13.5. The molecule has 1 saturated heterocycles. The van der Waals surface area contributed by atoms with E-state index in [-0.39, 0.29) is 30.9 Å². The molecule has 2 saturated carbocycles. The normalized spacial score (nSPS) is 25.9. The van der Waals surface area contributed by atoms with Crippen molar-refractivity contribution in [1.82, 2.24) is 10.2 Å². The third-order valence-electron chi connectivity index (χ3n) is 8.41. The van der Waals surface area contributed by atoms with Crippen molar-refractivity contribution in [2.24, 2.45) is 11.3 Å². The van der Waals surface area contributed by atoms with E-state index < -0.39 is 23.0 Å². The van der Waals surface area contributed by atoms with Gasteiger partial charge in [0.15, 0.2) is 0 Å². The quantitative estimate of drug-likeness (QED) is 0.708. The molecule has 0 radical (unpaired) electrons. The van der Waals surface area contributed by atoms with Crippen molar-refractivity contribution in [1.29, 1.82) is 0 Å². The van der Waals surface area contributed by atoms with Crippen LogP contribution in [0.4, 0.5) is 4.79 Å². The molecule has 0 bridgehead atoms. The summed E-state index contributed by atoms with van der Waals surface area (Å²) in [7, 11) is 0. The lowest BCUT2D eigenvalue weighted by Crippen LogP contribution is -2.58. The number of rotatable bonds is 5. The van der Waals surface area contributed by atoms with Crippen LogP contribution in [0.15, 0.2) is 48.5 Å². The lowest BCUT2D eigenvalue weighted by Gasteiger charge is -2.34.